The number of hydrogen-bond donors (Lipinski definition) is 1. The maximum atomic E-state index is 6.24. The Morgan fingerprint density at radius 2 is 1.90 bits per heavy atom. The Labute approximate surface area is 146 Å². The van der Waals surface area contributed by atoms with Crippen molar-refractivity contribution in [2.75, 3.05) is 12.9 Å². The van der Waals surface area contributed by atoms with E-state index in [4.69, 9.17) is 10.5 Å². The van der Waals surface area contributed by atoms with Crippen molar-refractivity contribution < 1.29 is 4.74 Å². The first kappa shape index (κ1) is 16.9. The molecule has 0 spiro atoms. The van der Waals surface area contributed by atoms with Gasteiger partial charge in [-0.25, -0.2) is 0 Å². The van der Waals surface area contributed by atoms with Crippen molar-refractivity contribution >= 4 is 43.6 Å². The van der Waals surface area contributed by atoms with Gasteiger partial charge in [-0.2, -0.15) is 0 Å². The van der Waals surface area contributed by atoms with E-state index in [1.54, 1.807) is 18.9 Å². The molecule has 0 fully saturated rings. The van der Waals surface area contributed by atoms with Gasteiger partial charge in [0.1, 0.15) is 5.75 Å². The number of halogens is 2. The van der Waals surface area contributed by atoms with E-state index in [0.29, 0.717) is 0 Å². The van der Waals surface area contributed by atoms with E-state index in [1.807, 2.05) is 18.2 Å². The maximum Gasteiger partial charge on any atom is 0.133 e. The zero-order chi connectivity index (χ0) is 15.2. The summed E-state index contributed by atoms with van der Waals surface area (Å²) < 4.78 is 7.32. The van der Waals surface area contributed by atoms with Crippen LogP contribution >= 0.6 is 43.6 Å². The average Bonchev–Trinajstić information content (AvgIpc) is 2.46. The number of hydrogen-bond acceptors (Lipinski definition) is 3. The van der Waals surface area contributed by atoms with Gasteiger partial charge in [0.15, 0.2) is 0 Å². The predicted octanol–water partition coefficient (Wildman–Crippen LogP) is 4.88. The Hall–Kier alpha value is -0.490. The Balaban J connectivity index is 1.91. The Kier molecular flexibility index (Phi) is 6.61. The van der Waals surface area contributed by atoms with Crippen LogP contribution in [-0.4, -0.2) is 18.9 Å². The monoisotopic (exact) mass is 429 g/mol. The van der Waals surface area contributed by atoms with Gasteiger partial charge in [-0.15, -0.1) is 11.8 Å². The van der Waals surface area contributed by atoms with Crippen LogP contribution in [0, 0.1) is 0 Å². The van der Waals surface area contributed by atoms with Crippen LogP contribution in [0.5, 0.6) is 5.75 Å². The lowest BCUT2D eigenvalue weighted by atomic mass is 10.1. The maximum absolute atomic E-state index is 6.24. The quantitative estimate of drug-likeness (QED) is 0.663. The van der Waals surface area contributed by atoms with Crippen LogP contribution in [-0.2, 0) is 6.42 Å². The molecule has 2 N–H and O–H groups in total. The summed E-state index contributed by atoms with van der Waals surface area (Å²) in [5.74, 6) is 1.72. The summed E-state index contributed by atoms with van der Waals surface area (Å²) in [6.07, 6.45) is 0.847. The van der Waals surface area contributed by atoms with Gasteiger partial charge in [-0.1, -0.05) is 18.2 Å². The van der Waals surface area contributed by atoms with E-state index in [0.717, 1.165) is 26.9 Å². The molecule has 0 aromatic heterocycles. The lowest BCUT2D eigenvalue weighted by Crippen LogP contribution is -2.25. The Bertz CT molecular complexity index is 607. The smallest absolute Gasteiger partial charge is 0.133 e. The predicted molar refractivity (Wildman–Crippen MR) is 97.2 cm³/mol. The second kappa shape index (κ2) is 8.22. The molecule has 5 heteroatoms. The second-order valence-corrected chi connectivity index (χ2v) is 7.45. The molecule has 21 heavy (non-hydrogen) atoms. The number of methoxy groups -OCH3 is 1. The van der Waals surface area contributed by atoms with Gasteiger partial charge in [0.2, 0.25) is 0 Å². The highest BCUT2D eigenvalue weighted by atomic mass is 79.9. The van der Waals surface area contributed by atoms with Gasteiger partial charge < -0.3 is 10.5 Å². The zero-order valence-corrected chi connectivity index (χ0v) is 15.7. The highest BCUT2D eigenvalue weighted by Gasteiger charge is 2.08. The number of ether oxygens (including phenoxy) is 1. The standard InChI is InChI=1S/C16H17Br2NOS/c1-20-15-7-6-11(9-14(15)18)8-12(19)10-21-16-5-3-2-4-13(16)17/h2-7,9,12H,8,10,19H2,1H3. The molecule has 2 aromatic carbocycles. The second-order valence-electron chi connectivity index (χ2n) is 4.67. The molecule has 2 rings (SSSR count). The van der Waals surface area contributed by atoms with Crippen LogP contribution in [0.15, 0.2) is 56.3 Å². The van der Waals surface area contributed by atoms with Crippen molar-refractivity contribution in [1.82, 2.24) is 0 Å². The SMILES string of the molecule is COc1ccc(CC(N)CSc2ccccc2Br)cc1Br. The lowest BCUT2D eigenvalue weighted by Gasteiger charge is -2.13. The molecule has 0 aliphatic rings. The molecule has 0 aliphatic heterocycles. The third kappa shape index (κ3) is 5.02. The van der Waals surface area contributed by atoms with Gasteiger partial charge in [0.25, 0.3) is 0 Å². The summed E-state index contributed by atoms with van der Waals surface area (Å²) in [5, 5.41) is 0. The summed E-state index contributed by atoms with van der Waals surface area (Å²) in [6, 6.07) is 14.4. The highest BCUT2D eigenvalue weighted by Crippen LogP contribution is 2.29. The molecular weight excluding hydrogens is 414 g/mol. The van der Waals surface area contributed by atoms with Gasteiger partial charge in [-0.3, -0.25) is 0 Å². The van der Waals surface area contributed by atoms with E-state index in [9.17, 15) is 0 Å². The van der Waals surface area contributed by atoms with E-state index < -0.39 is 0 Å². The molecule has 1 atom stereocenters. The summed E-state index contributed by atoms with van der Waals surface area (Å²) in [6.45, 7) is 0. The summed E-state index contributed by atoms with van der Waals surface area (Å²) in [5.41, 5.74) is 7.45. The molecule has 0 radical (unpaired) electrons. The Morgan fingerprint density at radius 1 is 1.14 bits per heavy atom. The van der Waals surface area contributed by atoms with Crippen LogP contribution in [0.4, 0.5) is 0 Å². The highest BCUT2D eigenvalue weighted by molar-refractivity contribution is 9.10. The van der Waals surface area contributed by atoms with Gasteiger partial charge >= 0.3 is 0 Å². The van der Waals surface area contributed by atoms with E-state index >= 15 is 0 Å². The van der Waals surface area contributed by atoms with Crippen LogP contribution < -0.4 is 10.5 Å². The fourth-order valence-corrected chi connectivity index (χ4v) is 4.07. The van der Waals surface area contributed by atoms with E-state index in [2.05, 4.69) is 56.1 Å². The molecular formula is C16H17Br2NOS. The fraction of sp³-hybridized carbons (Fsp3) is 0.250. The van der Waals surface area contributed by atoms with Crippen LogP contribution in [0.1, 0.15) is 5.56 Å². The minimum absolute atomic E-state index is 0.113. The molecule has 2 nitrogen and oxygen atoms in total. The Morgan fingerprint density at radius 3 is 2.57 bits per heavy atom. The molecule has 112 valence electrons. The van der Waals surface area contributed by atoms with Gasteiger partial charge in [-0.05, 0) is 68.1 Å². The van der Waals surface area contributed by atoms with Crippen LogP contribution in [0.3, 0.4) is 0 Å². The first-order chi connectivity index (χ1) is 10.1. The van der Waals surface area contributed by atoms with Crippen molar-refractivity contribution in [1.29, 1.82) is 0 Å². The topological polar surface area (TPSA) is 35.2 Å². The van der Waals surface area contributed by atoms with Crippen molar-refractivity contribution in [2.24, 2.45) is 5.73 Å². The van der Waals surface area contributed by atoms with Crippen molar-refractivity contribution in [3.63, 3.8) is 0 Å². The first-order valence-electron chi connectivity index (χ1n) is 6.55. The minimum Gasteiger partial charge on any atom is -0.496 e. The fourth-order valence-electron chi connectivity index (χ4n) is 1.96. The summed E-state index contributed by atoms with van der Waals surface area (Å²) in [4.78, 5) is 1.23. The van der Waals surface area contributed by atoms with E-state index in [1.165, 1.54) is 10.5 Å². The number of benzene rings is 2. The number of nitrogens with two attached hydrogens (primary N) is 1. The first-order valence-corrected chi connectivity index (χ1v) is 9.12. The zero-order valence-electron chi connectivity index (χ0n) is 11.7. The van der Waals surface area contributed by atoms with Crippen LogP contribution in [0.2, 0.25) is 0 Å². The van der Waals surface area contributed by atoms with Gasteiger partial charge in [0, 0.05) is 21.2 Å². The summed E-state index contributed by atoms with van der Waals surface area (Å²) >= 11 is 8.84. The normalized spacial score (nSPS) is 12.2. The number of thioether (sulfide) groups is 1. The molecule has 0 saturated heterocycles. The third-order valence-corrected chi connectivity index (χ3v) is 5.84. The number of rotatable bonds is 6. The minimum atomic E-state index is 0.113. The van der Waals surface area contributed by atoms with Crippen molar-refractivity contribution in [3.05, 3.63) is 57.0 Å². The molecule has 0 amide bonds. The molecule has 1 unspecified atom stereocenters. The lowest BCUT2D eigenvalue weighted by molar-refractivity contribution is 0.412. The molecule has 2 aromatic rings. The average molecular weight is 431 g/mol. The molecule has 0 aliphatic carbocycles. The van der Waals surface area contributed by atoms with Gasteiger partial charge in [0.05, 0.1) is 11.6 Å². The third-order valence-electron chi connectivity index (χ3n) is 3.00. The van der Waals surface area contributed by atoms with Crippen molar-refractivity contribution in [3.8, 4) is 5.75 Å². The molecule has 0 bridgehead atoms. The van der Waals surface area contributed by atoms with Crippen molar-refractivity contribution in [2.45, 2.75) is 17.4 Å². The van der Waals surface area contributed by atoms with E-state index in [-0.39, 0.29) is 6.04 Å². The summed E-state index contributed by atoms with van der Waals surface area (Å²) in [7, 11) is 1.67. The van der Waals surface area contributed by atoms with Crippen LogP contribution in [0.25, 0.3) is 0 Å². The molecule has 0 heterocycles. The largest absolute Gasteiger partial charge is 0.496 e. The molecule has 0 saturated carbocycles.